The summed E-state index contributed by atoms with van der Waals surface area (Å²) < 4.78 is 0. The van der Waals surface area contributed by atoms with Crippen LogP contribution in [0.4, 0.5) is 0 Å². The van der Waals surface area contributed by atoms with E-state index < -0.39 is 29.7 Å². The molecule has 9 nitrogen and oxygen atoms in total. The molecule has 1 heterocycles. The zero-order chi connectivity index (χ0) is 32.1. The summed E-state index contributed by atoms with van der Waals surface area (Å²) in [4.78, 5) is 12.1. The molecule has 1 aliphatic heterocycles. The van der Waals surface area contributed by atoms with Gasteiger partial charge < -0.3 is 41.9 Å². The van der Waals surface area contributed by atoms with Crippen LogP contribution in [0, 0.1) is 29.6 Å². The van der Waals surface area contributed by atoms with Crippen molar-refractivity contribution in [3.63, 3.8) is 0 Å². The van der Waals surface area contributed by atoms with Crippen LogP contribution in [0.3, 0.4) is 0 Å². The van der Waals surface area contributed by atoms with Crippen molar-refractivity contribution < 1.29 is 30.3 Å². The van der Waals surface area contributed by atoms with E-state index in [2.05, 4.69) is 35.8 Å². The first-order valence-corrected chi connectivity index (χ1v) is 17.4. The van der Waals surface area contributed by atoms with E-state index in [1.165, 1.54) is 19.3 Å². The minimum absolute atomic E-state index is 0.0272. The van der Waals surface area contributed by atoms with Crippen molar-refractivity contribution in [1.29, 1.82) is 0 Å². The minimum atomic E-state index is -1.39. The predicted molar refractivity (Wildman–Crippen MR) is 174 cm³/mol. The molecule has 0 aromatic heterocycles. The molecular formula is C35H61N3O6. The van der Waals surface area contributed by atoms with Gasteiger partial charge in [0.2, 0.25) is 0 Å². The maximum atomic E-state index is 12.1. The topological polar surface area (TPSA) is 168 Å². The number of carbonyl (C=O) groups is 1. The van der Waals surface area contributed by atoms with Gasteiger partial charge in [-0.15, -0.1) is 0 Å². The van der Waals surface area contributed by atoms with E-state index in [1.54, 1.807) is 0 Å². The van der Waals surface area contributed by atoms with Crippen LogP contribution in [-0.4, -0.2) is 75.0 Å². The van der Waals surface area contributed by atoms with E-state index in [0.717, 1.165) is 44.2 Å². The molecule has 9 heteroatoms. The number of nitrogens with two attached hydrogens (primary N) is 1. The number of carboxylic acid groups (broad SMARTS) is 1. The van der Waals surface area contributed by atoms with E-state index in [9.17, 15) is 30.3 Å². The average molecular weight is 620 g/mol. The van der Waals surface area contributed by atoms with E-state index in [-0.39, 0.29) is 36.7 Å². The van der Waals surface area contributed by atoms with Crippen LogP contribution in [0.2, 0.25) is 0 Å². The van der Waals surface area contributed by atoms with Crippen LogP contribution in [-0.2, 0) is 4.79 Å². The summed E-state index contributed by atoms with van der Waals surface area (Å²) in [6.45, 7) is 6.18. The number of aliphatic hydroxyl groups is 4. The summed E-state index contributed by atoms with van der Waals surface area (Å²) >= 11 is 0. The van der Waals surface area contributed by atoms with Gasteiger partial charge in [-0.25, -0.2) is 0 Å². The number of allylic oxidation sites excluding steroid dienone is 3. The Morgan fingerprint density at radius 1 is 1.11 bits per heavy atom. The van der Waals surface area contributed by atoms with Gasteiger partial charge >= 0.3 is 5.97 Å². The van der Waals surface area contributed by atoms with Gasteiger partial charge in [-0.3, -0.25) is 4.79 Å². The van der Waals surface area contributed by atoms with E-state index in [4.69, 9.17) is 5.73 Å². The van der Waals surface area contributed by atoms with Crippen LogP contribution in [0.1, 0.15) is 104 Å². The summed E-state index contributed by atoms with van der Waals surface area (Å²) in [7, 11) is 0. The van der Waals surface area contributed by atoms with Crippen LogP contribution >= 0.6 is 0 Å². The molecule has 44 heavy (non-hydrogen) atoms. The van der Waals surface area contributed by atoms with Gasteiger partial charge in [0, 0.05) is 24.9 Å². The molecule has 0 spiro atoms. The Labute approximate surface area is 265 Å². The van der Waals surface area contributed by atoms with Gasteiger partial charge in [0.1, 0.15) is 0 Å². The second kappa shape index (κ2) is 18.3. The summed E-state index contributed by atoms with van der Waals surface area (Å²) in [6, 6.07) is 0. The number of aliphatic hydroxyl groups excluding tert-OH is 3. The Hall–Kier alpha value is -1.91. The quantitative estimate of drug-likeness (QED) is 0.0743. The highest BCUT2D eigenvalue weighted by Gasteiger charge is 2.51. The number of rotatable bonds is 20. The lowest BCUT2D eigenvalue weighted by Crippen LogP contribution is -2.43. The number of hydrogen-bond acceptors (Lipinski definition) is 8. The number of nitrogens with one attached hydrogen (secondary N) is 2. The summed E-state index contributed by atoms with van der Waals surface area (Å²) in [5.74, 6) is -0.832. The molecule has 0 radical (unpaired) electrons. The average Bonchev–Trinajstić information content (AvgIpc) is 3.21. The van der Waals surface area contributed by atoms with E-state index in [0.29, 0.717) is 50.5 Å². The lowest BCUT2D eigenvalue weighted by Gasteiger charge is -2.30. The lowest BCUT2D eigenvalue weighted by atomic mass is 9.81. The molecule has 0 bridgehead atoms. The Morgan fingerprint density at radius 2 is 1.89 bits per heavy atom. The Morgan fingerprint density at radius 3 is 2.57 bits per heavy atom. The molecule has 3 aliphatic rings. The highest BCUT2D eigenvalue weighted by Crippen LogP contribution is 2.45. The van der Waals surface area contributed by atoms with Crippen molar-refractivity contribution in [2.24, 2.45) is 35.3 Å². The lowest BCUT2D eigenvalue weighted by molar-refractivity contribution is -0.147. The molecule has 1 fully saturated rings. The largest absolute Gasteiger partial charge is 0.481 e. The first-order valence-electron chi connectivity index (χ1n) is 17.4. The second-order valence-corrected chi connectivity index (χ2v) is 13.7. The highest BCUT2D eigenvalue weighted by molar-refractivity contribution is 5.70. The third-order valence-electron chi connectivity index (χ3n) is 10.4. The normalized spacial score (nSPS) is 31.7. The molecule has 1 saturated carbocycles. The van der Waals surface area contributed by atoms with Crippen molar-refractivity contribution in [2.75, 3.05) is 19.6 Å². The van der Waals surface area contributed by atoms with Crippen molar-refractivity contribution >= 4 is 5.97 Å². The maximum absolute atomic E-state index is 12.1. The van der Waals surface area contributed by atoms with Gasteiger partial charge in [-0.1, -0.05) is 70.6 Å². The maximum Gasteiger partial charge on any atom is 0.309 e. The van der Waals surface area contributed by atoms with Gasteiger partial charge in [-0.2, -0.15) is 0 Å². The van der Waals surface area contributed by atoms with Crippen LogP contribution in [0.15, 0.2) is 35.7 Å². The third-order valence-corrected chi connectivity index (χ3v) is 10.4. The van der Waals surface area contributed by atoms with Gasteiger partial charge in [0.05, 0.1) is 35.7 Å². The first kappa shape index (κ1) is 36.6. The summed E-state index contributed by atoms with van der Waals surface area (Å²) in [5, 5.41) is 60.7. The van der Waals surface area contributed by atoms with Gasteiger partial charge in [-0.05, 0) is 81.4 Å². The monoisotopic (exact) mass is 619 g/mol. The smallest absolute Gasteiger partial charge is 0.309 e. The molecule has 252 valence electrons. The molecule has 0 saturated heterocycles. The van der Waals surface area contributed by atoms with Gasteiger partial charge in [0.25, 0.3) is 0 Å². The predicted octanol–water partition coefficient (Wildman–Crippen LogP) is 3.97. The summed E-state index contributed by atoms with van der Waals surface area (Å²) in [6.07, 6.45) is 16.7. The SMILES string of the molecule is CCCCCC1C=CC(CCCCCC(C(=O)O)C(O)CCC2(O)CC(CC3=CCNC(N)=C3)C(CNCC)C2O)C(O)C1. The van der Waals surface area contributed by atoms with Gasteiger partial charge in [0.15, 0.2) is 0 Å². The molecule has 0 aromatic carbocycles. The summed E-state index contributed by atoms with van der Waals surface area (Å²) in [5.41, 5.74) is 5.64. The van der Waals surface area contributed by atoms with Crippen molar-refractivity contribution in [2.45, 2.75) is 128 Å². The standard InChI is InChI=1S/C35H61N3O6/c1-3-5-7-10-24-13-14-26(31(40)20-24)11-8-6-9-12-28(34(42)43)30(39)15-17-35(44)22-27(29(33(35)41)23-37-4-2)19-25-16-18-38-32(36)21-25/h13-14,16,21,24,26-31,33,37-41,44H,3-12,15,17-20,22-23,36H2,1-2H3,(H,42,43). The van der Waals surface area contributed by atoms with E-state index >= 15 is 0 Å². The van der Waals surface area contributed by atoms with Crippen molar-refractivity contribution in [1.82, 2.24) is 10.6 Å². The van der Waals surface area contributed by atoms with Crippen molar-refractivity contribution in [3.8, 4) is 0 Å². The molecular weight excluding hydrogens is 558 g/mol. The fourth-order valence-corrected chi connectivity index (χ4v) is 7.65. The molecule has 0 amide bonds. The zero-order valence-corrected chi connectivity index (χ0v) is 27.2. The van der Waals surface area contributed by atoms with Crippen LogP contribution in [0.5, 0.6) is 0 Å². The first-order chi connectivity index (χ1) is 21.1. The number of carboxylic acids is 1. The van der Waals surface area contributed by atoms with Crippen molar-refractivity contribution in [3.05, 3.63) is 35.7 Å². The number of hydrogen-bond donors (Lipinski definition) is 8. The molecule has 3 rings (SSSR count). The molecule has 9 atom stereocenters. The molecule has 0 aromatic rings. The molecule has 9 unspecified atom stereocenters. The molecule has 9 N–H and O–H groups in total. The van der Waals surface area contributed by atoms with Crippen LogP contribution in [0.25, 0.3) is 0 Å². The Balaban J connectivity index is 1.46. The minimum Gasteiger partial charge on any atom is -0.481 e. The highest BCUT2D eigenvalue weighted by atomic mass is 16.4. The number of dihydropyridines is 1. The van der Waals surface area contributed by atoms with E-state index in [1.807, 2.05) is 13.0 Å². The fourth-order valence-electron chi connectivity index (χ4n) is 7.65. The van der Waals surface area contributed by atoms with Crippen LogP contribution < -0.4 is 16.4 Å². The Bertz CT molecular complexity index is 970. The number of unbranched alkanes of at least 4 members (excludes halogenated alkanes) is 4. The number of aliphatic carboxylic acids is 1. The fraction of sp³-hybridized carbons (Fsp3) is 0.800. The molecule has 2 aliphatic carbocycles. The zero-order valence-electron chi connectivity index (χ0n) is 27.2. The Kier molecular flexibility index (Phi) is 15.2. The third kappa shape index (κ3) is 10.9. The second-order valence-electron chi connectivity index (χ2n) is 13.7.